The van der Waals surface area contributed by atoms with Crippen molar-refractivity contribution in [2.45, 2.75) is 46.2 Å². The van der Waals surface area contributed by atoms with E-state index in [0.717, 1.165) is 18.7 Å². The molecule has 0 fully saturated rings. The fourth-order valence-corrected chi connectivity index (χ4v) is 2.93. The smallest absolute Gasteiger partial charge is 0.143 e. The molecule has 0 aliphatic heterocycles. The minimum Gasteiger partial charge on any atom is -0.495 e. The molecule has 2 heterocycles. The molecule has 0 bridgehead atoms. The van der Waals surface area contributed by atoms with E-state index in [1.807, 2.05) is 12.1 Å². The first-order valence-electron chi connectivity index (χ1n) is 7.43. The molecule has 0 spiro atoms. The average Bonchev–Trinajstić information content (AvgIpc) is 2.81. The van der Waals surface area contributed by atoms with Gasteiger partial charge in [-0.25, -0.2) is 0 Å². The van der Waals surface area contributed by atoms with Crippen LogP contribution in [0.1, 0.15) is 33.3 Å². The number of ether oxygens (including phenoxy) is 1. The third kappa shape index (κ3) is 2.98. The highest BCUT2D eigenvalue weighted by Gasteiger charge is 2.15. The molecule has 2 aromatic rings. The van der Waals surface area contributed by atoms with Gasteiger partial charge >= 0.3 is 0 Å². The Morgan fingerprint density at radius 3 is 2.40 bits per heavy atom. The fraction of sp³-hybridized carbons (Fsp3) is 0.529. The van der Waals surface area contributed by atoms with Gasteiger partial charge in [-0.15, -0.1) is 0 Å². The van der Waals surface area contributed by atoms with Gasteiger partial charge in [0, 0.05) is 31.0 Å². The number of rotatable bonds is 6. The zero-order valence-corrected chi connectivity index (χ0v) is 13.3. The van der Waals surface area contributed by atoms with Crippen LogP contribution in [0.4, 0.5) is 0 Å². The molecule has 0 saturated heterocycles. The molecule has 20 heavy (non-hydrogen) atoms. The summed E-state index contributed by atoms with van der Waals surface area (Å²) in [6.45, 7) is 10.1. The minimum atomic E-state index is 0.575. The molecule has 0 saturated carbocycles. The van der Waals surface area contributed by atoms with Crippen molar-refractivity contribution in [3.8, 4) is 5.75 Å². The first-order valence-corrected chi connectivity index (χ1v) is 7.43. The van der Waals surface area contributed by atoms with Gasteiger partial charge in [-0.3, -0.25) is 4.90 Å². The predicted octanol–water partition coefficient (Wildman–Crippen LogP) is 3.61. The van der Waals surface area contributed by atoms with E-state index in [1.54, 1.807) is 7.11 Å². The molecule has 0 radical (unpaired) electrons. The highest BCUT2D eigenvalue weighted by Crippen LogP contribution is 2.25. The number of methoxy groups -OCH3 is 1. The summed E-state index contributed by atoms with van der Waals surface area (Å²) in [6, 6.07) is 7.40. The third-order valence-electron chi connectivity index (χ3n) is 3.91. The molecule has 110 valence electrons. The standard InChI is InChI=1S/C17H26N2O/c1-13(2)19(14(3)4)12-9-15-8-11-18-10-6-7-16(20-5)17(15)18/h6-8,10-11,13-14H,9,12H2,1-5H3. The SMILES string of the molecule is COc1cccn2ccc(CCN(C(C)C)C(C)C)c12. The van der Waals surface area contributed by atoms with E-state index in [0.29, 0.717) is 12.1 Å². The van der Waals surface area contributed by atoms with Crippen LogP contribution in [-0.2, 0) is 6.42 Å². The van der Waals surface area contributed by atoms with Crippen LogP contribution in [0, 0.1) is 0 Å². The zero-order valence-electron chi connectivity index (χ0n) is 13.3. The first-order chi connectivity index (χ1) is 9.54. The number of hydrogen-bond donors (Lipinski definition) is 0. The van der Waals surface area contributed by atoms with Crippen LogP contribution in [0.25, 0.3) is 5.52 Å². The molecule has 0 aromatic carbocycles. The van der Waals surface area contributed by atoms with Gasteiger partial charge in [0.25, 0.3) is 0 Å². The van der Waals surface area contributed by atoms with Crippen molar-refractivity contribution in [1.82, 2.24) is 9.30 Å². The van der Waals surface area contributed by atoms with E-state index in [4.69, 9.17) is 4.74 Å². The molecule has 0 N–H and O–H groups in total. The molecule has 0 aliphatic carbocycles. The van der Waals surface area contributed by atoms with Gasteiger partial charge in [0.1, 0.15) is 5.75 Å². The molecular formula is C17H26N2O. The highest BCUT2D eigenvalue weighted by atomic mass is 16.5. The number of nitrogens with zero attached hydrogens (tertiary/aromatic N) is 2. The Labute approximate surface area is 122 Å². The van der Waals surface area contributed by atoms with Gasteiger partial charge in [-0.1, -0.05) is 0 Å². The second kappa shape index (κ2) is 6.31. The Hall–Kier alpha value is -1.48. The quantitative estimate of drug-likeness (QED) is 0.800. The molecule has 3 nitrogen and oxygen atoms in total. The van der Waals surface area contributed by atoms with Crippen molar-refractivity contribution < 1.29 is 4.74 Å². The van der Waals surface area contributed by atoms with Crippen LogP contribution in [0.2, 0.25) is 0 Å². The van der Waals surface area contributed by atoms with E-state index in [2.05, 4.69) is 55.5 Å². The molecule has 2 aromatic heterocycles. The van der Waals surface area contributed by atoms with E-state index in [1.165, 1.54) is 11.1 Å². The largest absolute Gasteiger partial charge is 0.495 e. The van der Waals surface area contributed by atoms with Crippen LogP contribution in [0.5, 0.6) is 5.75 Å². The van der Waals surface area contributed by atoms with Crippen molar-refractivity contribution in [2.75, 3.05) is 13.7 Å². The molecule has 0 unspecified atom stereocenters. The summed E-state index contributed by atoms with van der Waals surface area (Å²) in [5.41, 5.74) is 2.55. The third-order valence-corrected chi connectivity index (χ3v) is 3.91. The average molecular weight is 274 g/mol. The van der Waals surface area contributed by atoms with Crippen LogP contribution in [0.15, 0.2) is 30.6 Å². The Balaban J connectivity index is 2.22. The lowest BCUT2D eigenvalue weighted by atomic mass is 10.1. The summed E-state index contributed by atoms with van der Waals surface area (Å²) in [6.07, 6.45) is 5.24. The van der Waals surface area contributed by atoms with Gasteiger partial charge in [0.2, 0.25) is 0 Å². The zero-order chi connectivity index (χ0) is 14.7. The fourth-order valence-electron chi connectivity index (χ4n) is 2.93. The molecule has 0 amide bonds. The number of pyridine rings is 1. The summed E-state index contributed by atoms with van der Waals surface area (Å²) < 4.78 is 7.64. The van der Waals surface area contributed by atoms with Gasteiger partial charge in [-0.05, 0) is 57.9 Å². The van der Waals surface area contributed by atoms with E-state index in [9.17, 15) is 0 Å². The Bertz CT molecular complexity index is 549. The Morgan fingerprint density at radius 1 is 1.10 bits per heavy atom. The lowest BCUT2D eigenvalue weighted by Crippen LogP contribution is -2.38. The monoisotopic (exact) mass is 274 g/mol. The lowest BCUT2D eigenvalue weighted by Gasteiger charge is -2.30. The lowest BCUT2D eigenvalue weighted by molar-refractivity contribution is 0.177. The normalized spacial score (nSPS) is 12.0. The van der Waals surface area contributed by atoms with Gasteiger partial charge in [0.15, 0.2) is 0 Å². The number of hydrogen-bond acceptors (Lipinski definition) is 2. The van der Waals surface area contributed by atoms with Crippen LogP contribution in [-0.4, -0.2) is 35.0 Å². The maximum atomic E-state index is 5.49. The summed E-state index contributed by atoms with van der Waals surface area (Å²) in [7, 11) is 1.74. The van der Waals surface area contributed by atoms with Crippen molar-refractivity contribution >= 4 is 5.52 Å². The molecule has 0 atom stereocenters. The van der Waals surface area contributed by atoms with Crippen molar-refractivity contribution in [1.29, 1.82) is 0 Å². The van der Waals surface area contributed by atoms with Gasteiger partial charge in [-0.2, -0.15) is 0 Å². The van der Waals surface area contributed by atoms with Gasteiger partial charge in [0.05, 0.1) is 12.6 Å². The van der Waals surface area contributed by atoms with E-state index in [-0.39, 0.29) is 0 Å². The van der Waals surface area contributed by atoms with E-state index < -0.39 is 0 Å². The van der Waals surface area contributed by atoms with Crippen LogP contribution >= 0.6 is 0 Å². The summed E-state index contributed by atoms with van der Waals surface area (Å²) in [5.74, 6) is 0.952. The topological polar surface area (TPSA) is 16.9 Å². The number of aromatic nitrogens is 1. The van der Waals surface area contributed by atoms with E-state index >= 15 is 0 Å². The van der Waals surface area contributed by atoms with Gasteiger partial charge < -0.3 is 9.14 Å². The van der Waals surface area contributed by atoms with Crippen LogP contribution < -0.4 is 4.74 Å². The Morgan fingerprint density at radius 2 is 1.80 bits per heavy atom. The van der Waals surface area contributed by atoms with Crippen molar-refractivity contribution in [3.05, 3.63) is 36.2 Å². The first kappa shape index (κ1) is 14.9. The van der Waals surface area contributed by atoms with Crippen LogP contribution in [0.3, 0.4) is 0 Å². The highest BCUT2D eigenvalue weighted by molar-refractivity contribution is 5.66. The number of fused-ring (bicyclic) bond motifs is 1. The summed E-state index contributed by atoms with van der Waals surface area (Å²) in [5, 5.41) is 0. The molecule has 3 heteroatoms. The Kier molecular flexibility index (Phi) is 4.71. The minimum absolute atomic E-state index is 0.575. The maximum Gasteiger partial charge on any atom is 0.143 e. The molecular weight excluding hydrogens is 248 g/mol. The predicted molar refractivity (Wildman–Crippen MR) is 84.6 cm³/mol. The molecule has 2 rings (SSSR count). The van der Waals surface area contributed by atoms with Crippen molar-refractivity contribution in [2.24, 2.45) is 0 Å². The molecule has 0 aliphatic rings. The maximum absolute atomic E-state index is 5.49. The van der Waals surface area contributed by atoms with Crippen molar-refractivity contribution in [3.63, 3.8) is 0 Å². The summed E-state index contributed by atoms with van der Waals surface area (Å²) in [4.78, 5) is 2.53. The second-order valence-electron chi connectivity index (χ2n) is 5.85. The second-order valence-corrected chi connectivity index (χ2v) is 5.85. The summed E-state index contributed by atoms with van der Waals surface area (Å²) >= 11 is 0.